The lowest BCUT2D eigenvalue weighted by Gasteiger charge is -2.34. The van der Waals surface area contributed by atoms with Crippen LogP contribution in [0.2, 0.25) is 0 Å². The molecule has 0 bridgehead atoms. The maximum absolute atomic E-state index is 13.2. The number of carbonyl (C=O) groups excluding carboxylic acids is 1. The summed E-state index contributed by atoms with van der Waals surface area (Å²) in [5.74, 6) is 2.40. The van der Waals surface area contributed by atoms with Crippen LogP contribution in [0, 0.1) is 5.41 Å². The number of hydrogen-bond donors (Lipinski definition) is 0. The molecule has 2 aromatic rings. The van der Waals surface area contributed by atoms with Gasteiger partial charge in [0.25, 0.3) is 0 Å². The van der Waals surface area contributed by atoms with Gasteiger partial charge in [-0.2, -0.15) is 4.98 Å². The second-order valence-corrected chi connectivity index (χ2v) is 9.14. The van der Waals surface area contributed by atoms with Gasteiger partial charge >= 0.3 is 0 Å². The van der Waals surface area contributed by atoms with E-state index in [0.29, 0.717) is 18.5 Å². The van der Waals surface area contributed by atoms with E-state index in [1.807, 2.05) is 51.4 Å². The predicted molar refractivity (Wildman–Crippen MR) is 124 cm³/mol. The van der Waals surface area contributed by atoms with E-state index in [1.54, 1.807) is 12.0 Å². The van der Waals surface area contributed by atoms with Gasteiger partial charge in [0, 0.05) is 37.9 Å². The molecule has 0 saturated heterocycles. The molecule has 1 aliphatic carbocycles. The van der Waals surface area contributed by atoms with Crippen LogP contribution in [0.3, 0.4) is 0 Å². The van der Waals surface area contributed by atoms with Crippen molar-refractivity contribution in [2.45, 2.75) is 52.5 Å². The summed E-state index contributed by atoms with van der Waals surface area (Å²) in [6.45, 7) is 7.53. The minimum absolute atomic E-state index is 0.103. The molecule has 1 aliphatic heterocycles. The van der Waals surface area contributed by atoms with E-state index in [2.05, 4.69) is 21.7 Å². The highest BCUT2D eigenvalue weighted by Crippen LogP contribution is 2.41. The van der Waals surface area contributed by atoms with Crippen LogP contribution in [0.5, 0.6) is 5.75 Å². The Labute approximate surface area is 185 Å². The van der Waals surface area contributed by atoms with Crippen molar-refractivity contribution in [3.63, 3.8) is 0 Å². The topological polar surface area (TPSA) is 61.8 Å². The zero-order valence-electron chi connectivity index (χ0n) is 19.3. The number of carbonyl (C=O) groups is 1. The third-order valence-electron chi connectivity index (χ3n) is 6.51. The lowest BCUT2D eigenvalue weighted by Crippen LogP contribution is -2.45. The predicted octanol–water partition coefficient (Wildman–Crippen LogP) is 4.39. The zero-order chi connectivity index (χ0) is 22.2. The van der Waals surface area contributed by atoms with Gasteiger partial charge in [-0.1, -0.05) is 18.9 Å². The molecule has 0 N–H and O–H groups in total. The Kier molecular flexibility index (Phi) is 5.77. The summed E-state index contributed by atoms with van der Waals surface area (Å²) in [6.07, 6.45) is 6.54. The molecular formula is C24H33N5O2. The van der Waals surface area contributed by atoms with E-state index in [0.717, 1.165) is 42.3 Å². The number of methoxy groups -OCH3 is 1. The summed E-state index contributed by atoms with van der Waals surface area (Å²) in [5.41, 5.74) is 1.27. The van der Waals surface area contributed by atoms with E-state index in [1.165, 1.54) is 12.8 Å². The number of aromatic nitrogens is 2. The lowest BCUT2D eigenvalue weighted by molar-refractivity contribution is -0.125. The van der Waals surface area contributed by atoms with Crippen LogP contribution in [0.1, 0.15) is 46.5 Å². The van der Waals surface area contributed by atoms with Crippen molar-refractivity contribution in [1.29, 1.82) is 0 Å². The first-order chi connectivity index (χ1) is 14.9. The third-order valence-corrected chi connectivity index (χ3v) is 6.51. The maximum Gasteiger partial charge on any atom is 0.234 e. The van der Waals surface area contributed by atoms with Crippen LogP contribution < -0.4 is 19.4 Å². The normalized spacial score (nSPS) is 18.7. The molecule has 1 saturated carbocycles. The molecule has 1 aromatic heterocycles. The van der Waals surface area contributed by atoms with Gasteiger partial charge in [-0.25, -0.2) is 4.98 Å². The van der Waals surface area contributed by atoms with Gasteiger partial charge in [-0.3, -0.25) is 4.79 Å². The van der Waals surface area contributed by atoms with Gasteiger partial charge in [0.2, 0.25) is 11.9 Å². The molecule has 166 valence electrons. The van der Waals surface area contributed by atoms with Crippen molar-refractivity contribution in [3.05, 3.63) is 30.5 Å². The smallest absolute Gasteiger partial charge is 0.234 e. The van der Waals surface area contributed by atoms with Gasteiger partial charge < -0.3 is 19.4 Å². The van der Waals surface area contributed by atoms with Gasteiger partial charge in [0.1, 0.15) is 11.4 Å². The minimum Gasteiger partial charge on any atom is -0.497 e. The number of nitrogens with zero attached hydrogens (tertiary/aromatic N) is 5. The Balaban J connectivity index is 1.81. The van der Waals surface area contributed by atoms with Gasteiger partial charge in [0.05, 0.1) is 18.7 Å². The molecule has 2 heterocycles. The molecule has 1 amide bonds. The van der Waals surface area contributed by atoms with Crippen molar-refractivity contribution in [3.8, 4) is 5.75 Å². The Bertz CT molecular complexity index is 955. The van der Waals surface area contributed by atoms with Gasteiger partial charge in [0.15, 0.2) is 5.82 Å². The zero-order valence-corrected chi connectivity index (χ0v) is 19.3. The first kappa shape index (κ1) is 21.4. The molecule has 0 spiro atoms. The van der Waals surface area contributed by atoms with Gasteiger partial charge in [-0.05, 0) is 45.7 Å². The fourth-order valence-electron chi connectivity index (χ4n) is 4.80. The number of fused-ring (bicyclic) bond motifs is 1. The fraction of sp³-hybridized carbons (Fsp3) is 0.542. The third kappa shape index (κ3) is 3.93. The number of hydrogen-bond acceptors (Lipinski definition) is 6. The largest absolute Gasteiger partial charge is 0.497 e. The van der Waals surface area contributed by atoms with Crippen LogP contribution >= 0.6 is 0 Å². The summed E-state index contributed by atoms with van der Waals surface area (Å²) in [6, 6.07) is 8.34. The molecule has 31 heavy (non-hydrogen) atoms. The standard InChI is InChI=1S/C24H33N5O2/c1-6-28(18-12-9-13-19(14-18)31-5)23-25-15-20-21(26-23)29(17-10-7-8-11-17)16-24(2,3)22(30)27(20)4/h9,12-15,17H,6-8,10-11,16H2,1-5H3. The number of amides is 1. The molecule has 2 aliphatic rings. The summed E-state index contributed by atoms with van der Waals surface area (Å²) in [5, 5.41) is 0. The Morgan fingerprint density at radius 3 is 2.68 bits per heavy atom. The molecule has 0 radical (unpaired) electrons. The summed E-state index contributed by atoms with van der Waals surface area (Å²) in [4.78, 5) is 29.1. The minimum atomic E-state index is -0.491. The van der Waals surface area contributed by atoms with Crippen LogP contribution in [0.25, 0.3) is 0 Å². The van der Waals surface area contributed by atoms with Crippen molar-refractivity contribution in [1.82, 2.24) is 9.97 Å². The van der Waals surface area contributed by atoms with Crippen LogP contribution in [0.4, 0.5) is 23.1 Å². The van der Waals surface area contributed by atoms with Crippen molar-refractivity contribution < 1.29 is 9.53 Å². The lowest BCUT2D eigenvalue weighted by atomic mass is 9.91. The number of anilines is 4. The molecular weight excluding hydrogens is 390 g/mol. The average Bonchev–Trinajstić information content (AvgIpc) is 3.29. The highest BCUT2D eigenvalue weighted by atomic mass is 16.5. The van der Waals surface area contributed by atoms with Crippen molar-refractivity contribution in [2.24, 2.45) is 5.41 Å². The first-order valence-corrected chi connectivity index (χ1v) is 11.2. The maximum atomic E-state index is 13.2. The summed E-state index contributed by atoms with van der Waals surface area (Å²) >= 11 is 0. The van der Waals surface area contributed by atoms with E-state index < -0.39 is 5.41 Å². The monoisotopic (exact) mass is 423 g/mol. The van der Waals surface area contributed by atoms with Crippen LogP contribution in [0.15, 0.2) is 30.5 Å². The second-order valence-electron chi connectivity index (χ2n) is 9.14. The Hall–Kier alpha value is -2.83. The Morgan fingerprint density at radius 1 is 1.26 bits per heavy atom. The number of benzene rings is 1. The fourth-order valence-corrected chi connectivity index (χ4v) is 4.80. The van der Waals surface area contributed by atoms with E-state index in [4.69, 9.17) is 9.72 Å². The molecule has 1 fully saturated rings. The summed E-state index contributed by atoms with van der Waals surface area (Å²) < 4.78 is 5.41. The average molecular weight is 424 g/mol. The summed E-state index contributed by atoms with van der Waals surface area (Å²) in [7, 11) is 3.51. The number of rotatable bonds is 5. The quantitative estimate of drug-likeness (QED) is 0.711. The molecule has 7 heteroatoms. The highest BCUT2D eigenvalue weighted by molar-refractivity contribution is 6.00. The van der Waals surface area contributed by atoms with E-state index in [-0.39, 0.29) is 5.91 Å². The van der Waals surface area contributed by atoms with E-state index >= 15 is 0 Å². The number of ether oxygens (including phenoxy) is 1. The molecule has 7 nitrogen and oxygen atoms in total. The van der Waals surface area contributed by atoms with E-state index in [9.17, 15) is 4.79 Å². The molecule has 0 unspecified atom stereocenters. The highest BCUT2D eigenvalue weighted by Gasteiger charge is 2.41. The van der Waals surface area contributed by atoms with Gasteiger partial charge in [-0.15, -0.1) is 0 Å². The Morgan fingerprint density at radius 2 is 2.00 bits per heavy atom. The van der Waals surface area contributed by atoms with Crippen LogP contribution in [-0.2, 0) is 4.79 Å². The molecule has 0 atom stereocenters. The first-order valence-electron chi connectivity index (χ1n) is 11.2. The second kappa shape index (κ2) is 8.36. The van der Waals surface area contributed by atoms with Crippen LogP contribution in [-0.4, -0.2) is 49.2 Å². The molecule has 1 aromatic carbocycles. The van der Waals surface area contributed by atoms with Crippen molar-refractivity contribution >= 4 is 29.0 Å². The molecule has 4 rings (SSSR count). The van der Waals surface area contributed by atoms with Crippen molar-refractivity contribution in [2.75, 3.05) is 41.9 Å². The SMILES string of the molecule is CCN(c1cccc(OC)c1)c1ncc2c(n1)N(C1CCCC1)CC(C)(C)C(=O)N2C.